The van der Waals surface area contributed by atoms with Gasteiger partial charge in [0, 0.05) is 64.8 Å². The van der Waals surface area contributed by atoms with E-state index in [1.165, 1.54) is 42.4 Å². The van der Waals surface area contributed by atoms with Gasteiger partial charge in [0.25, 0.3) is 0 Å². The third-order valence-electron chi connectivity index (χ3n) is 11.5. The van der Waals surface area contributed by atoms with E-state index in [1.807, 2.05) is 11.3 Å². The van der Waals surface area contributed by atoms with Crippen LogP contribution in [0.4, 0.5) is 17.1 Å². The number of fused-ring (bicyclic) bond motifs is 9. The number of anilines is 3. The monoisotopic (exact) mass is 759 g/mol. The van der Waals surface area contributed by atoms with E-state index in [0.29, 0.717) is 0 Å². The van der Waals surface area contributed by atoms with Gasteiger partial charge in [-0.15, -0.1) is 11.3 Å². The van der Waals surface area contributed by atoms with Crippen LogP contribution in [0.25, 0.3) is 97.4 Å². The van der Waals surface area contributed by atoms with Crippen LogP contribution in [0.2, 0.25) is 0 Å². The Balaban J connectivity index is 0.935. The number of furan rings is 2. The average molecular weight is 760 g/mol. The van der Waals surface area contributed by atoms with Crippen LogP contribution in [0, 0.1) is 0 Å². The summed E-state index contributed by atoms with van der Waals surface area (Å²) in [5.41, 5.74) is 13.7. The molecule has 0 radical (unpaired) electrons. The molecule has 3 nitrogen and oxygen atoms in total. The zero-order valence-electron chi connectivity index (χ0n) is 31.2. The highest BCUT2D eigenvalue weighted by atomic mass is 32.1. The molecule has 0 spiro atoms. The van der Waals surface area contributed by atoms with E-state index in [4.69, 9.17) is 8.83 Å². The molecule has 58 heavy (non-hydrogen) atoms. The molecule has 0 aliphatic heterocycles. The summed E-state index contributed by atoms with van der Waals surface area (Å²) in [5.74, 6) is 0. The number of nitrogens with zero attached hydrogens (tertiary/aromatic N) is 1. The summed E-state index contributed by atoms with van der Waals surface area (Å²) in [6, 6.07) is 71.3. The highest BCUT2D eigenvalue weighted by Gasteiger charge is 2.18. The predicted octanol–water partition coefficient (Wildman–Crippen LogP) is 16.3. The lowest BCUT2D eigenvalue weighted by Crippen LogP contribution is -2.09. The fourth-order valence-corrected chi connectivity index (χ4v) is 9.84. The molecule has 0 aliphatic carbocycles. The maximum atomic E-state index is 6.69. The quantitative estimate of drug-likeness (QED) is 0.169. The van der Waals surface area contributed by atoms with Crippen LogP contribution in [0.5, 0.6) is 0 Å². The SMILES string of the molecule is c1ccc(-c2cccc(N(c3ccccc3)c3ccc4c(c3)oc3cc(-c5ccc6oc7ccc(-c8cccc9sc%10ccccc%10c89)cc7c6c5)ccc34)c2)cc1. The van der Waals surface area contributed by atoms with Crippen molar-refractivity contribution >= 4 is 92.4 Å². The van der Waals surface area contributed by atoms with Crippen molar-refractivity contribution in [3.05, 3.63) is 200 Å². The zero-order valence-corrected chi connectivity index (χ0v) is 32.0. The number of benzene rings is 9. The van der Waals surface area contributed by atoms with Crippen LogP contribution in [-0.4, -0.2) is 0 Å². The highest BCUT2D eigenvalue weighted by Crippen LogP contribution is 2.43. The Kier molecular flexibility index (Phi) is 7.40. The molecule has 0 N–H and O–H groups in total. The lowest BCUT2D eigenvalue weighted by Gasteiger charge is -2.26. The molecule has 12 aromatic rings. The first-order valence-corrected chi connectivity index (χ1v) is 20.4. The molecule has 0 saturated heterocycles. The maximum absolute atomic E-state index is 6.69. The van der Waals surface area contributed by atoms with Crippen LogP contribution in [0.15, 0.2) is 209 Å². The molecular formula is C54H33NO2S. The number of para-hydroxylation sites is 1. The molecule has 0 amide bonds. The van der Waals surface area contributed by atoms with Gasteiger partial charge in [0.2, 0.25) is 0 Å². The zero-order chi connectivity index (χ0) is 38.2. The van der Waals surface area contributed by atoms with Gasteiger partial charge in [-0.05, 0) is 118 Å². The van der Waals surface area contributed by atoms with Crippen molar-refractivity contribution in [3.8, 4) is 33.4 Å². The minimum Gasteiger partial charge on any atom is -0.456 e. The smallest absolute Gasteiger partial charge is 0.137 e. The van der Waals surface area contributed by atoms with Crippen LogP contribution in [0.3, 0.4) is 0 Å². The summed E-state index contributed by atoms with van der Waals surface area (Å²) in [5, 5.41) is 7.01. The van der Waals surface area contributed by atoms with Crippen LogP contribution in [0.1, 0.15) is 0 Å². The van der Waals surface area contributed by atoms with Crippen LogP contribution < -0.4 is 4.90 Å². The molecule has 9 aromatic carbocycles. The highest BCUT2D eigenvalue weighted by molar-refractivity contribution is 7.25. The second-order valence-electron chi connectivity index (χ2n) is 14.9. The van der Waals surface area contributed by atoms with Crippen molar-refractivity contribution in [3.63, 3.8) is 0 Å². The summed E-state index contributed by atoms with van der Waals surface area (Å²) in [4.78, 5) is 2.29. The molecule has 12 rings (SSSR count). The Bertz CT molecular complexity index is 3520. The summed E-state index contributed by atoms with van der Waals surface area (Å²) in [6.07, 6.45) is 0. The Hall–Kier alpha value is -7.40. The Morgan fingerprint density at radius 3 is 1.72 bits per heavy atom. The molecule has 0 bridgehead atoms. The third-order valence-corrected chi connectivity index (χ3v) is 12.6. The second-order valence-corrected chi connectivity index (χ2v) is 16.0. The summed E-state index contributed by atoms with van der Waals surface area (Å²) >= 11 is 1.85. The Morgan fingerprint density at radius 1 is 0.310 bits per heavy atom. The molecular weight excluding hydrogens is 727 g/mol. The summed E-state index contributed by atoms with van der Waals surface area (Å²) in [7, 11) is 0. The van der Waals surface area contributed by atoms with Gasteiger partial charge in [-0.3, -0.25) is 0 Å². The normalized spacial score (nSPS) is 11.8. The van der Waals surface area contributed by atoms with Crippen molar-refractivity contribution in [1.29, 1.82) is 0 Å². The molecule has 3 aromatic heterocycles. The van der Waals surface area contributed by atoms with Gasteiger partial charge in [-0.2, -0.15) is 0 Å². The van der Waals surface area contributed by atoms with Crippen molar-refractivity contribution < 1.29 is 8.83 Å². The molecule has 0 aliphatic rings. The molecule has 3 heterocycles. The molecule has 0 saturated carbocycles. The van der Waals surface area contributed by atoms with Gasteiger partial charge in [0.15, 0.2) is 0 Å². The standard InChI is InChI=1S/C54H33NO2S/c1-3-11-34(12-4-1)35-13-9-16-40(29-35)55(39-14-5-2-6-15-39)41-24-26-44-43-25-21-37(32-50(43)57-51(44)33-41)36-22-27-48-46(30-36)47-31-38(23-28-49(47)56-48)42-18-10-20-53-54(42)45-17-7-8-19-52(45)58-53/h1-33H. The van der Waals surface area contributed by atoms with Crippen LogP contribution in [-0.2, 0) is 0 Å². The van der Waals surface area contributed by atoms with Gasteiger partial charge >= 0.3 is 0 Å². The van der Waals surface area contributed by atoms with E-state index in [1.54, 1.807) is 0 Å². The largest absolute Gasteiger partial charge is 0.456 e. The number of hydrogen-bond donors (Lipinski definition) is 0. The van der Waals surface area contributed by atoms with E-state index in [0.717, 1.165) is 72.1 Å². The number of hydrogen-bond acceptors (Lipinski definition) is 4. The van der Waals surface area contributed by atoms with Gasteiger partial charge in [-0.1, -0.05) is 109 Å². The van der Waals surface area contributed by atoms with E-state index in [9.17, 15) is 0 Å². The maximum Gasteiger partial charge on any atom is 0.137 e. The van der Waals surface area contributed by atoms with Crippen molar-refractivity contribution in [2.75, 3.05) is 4.90 Å². The minimum absolute atomic E-state index is 0.849. The second kappa shape index (κ2) is 13.1. The van der Waals surface area contributed by atoms with E-state index < -0.39 is 0 Å². The molecule has 0 unspecified atom stereocenters. The van der Waals surface area contributed by atoms with Crippen molar-refractivity contribution in [1.82, 2.24) is 0 Å². The van der Waals surface area contributed by atoms with E-state index in [-0.39, 0.29) is 0 Å². The van der Waals surface area contributed by atoms with Crippen LogP contribution >= 0.6 is 11.3 Å². The van der Waals surface area contributed by atoms with E-state index >= 15 is 0 Å². The fraction of sp³-hybridized carbons (Fsp3) is 0. The number of rotatable bonds is 6. The minimum atomic E-state index is 0.849. The first kappa shape index (κ1) is 32.8. The molecule has 0 fully saturated rings. The van der Waals surface area contributed by atoms with Gasteiger partial charge in [-0.25, -0.2) is 0 Å². The molecule has 272 valence electrons. The first-order valence-electron chi connectivity index (χ1n) is 19.6. The fourth-order valence-electron chi connectivity index (χ4n) is 8.70. The van der Waals surface area contributed by atoms with E-state index in [2.05, 4.69) is 205 Å². The lowest BCUT2D eigenvalue weighted by atomic mass is 9.97. The van der Waals surface area contributed by atoms with Gasteiger partial charge < -0.3 is 13.7 Å². The molecule has 4 heteroatoms. The van der Waals surface area contributed by atoms with Gasteiger partial charge in [0.1, 0.15) is 22.3 Å². The third kappa shape index (κ3) is 5.34. The number of thiophene rings is 1. The predicted molar refractivity (Wildman–Crippen MR) is 245 cm³/mol. The first-order chi connectivity index (χ1) is 28.7. The summed E-state index contributed by atoms with van der Waals surface area (Å²) < 4.78 is 15.7. The lowest BCUT2D eigenvalue weighted by molar-refractivity contribution is 0.669. The average Bonchev–Trinajstić information content (AvgIpc) is 3.97. The van der Waals surface area contributed by atoms with Gasteiger partial charge in [0.05, 0.1) is 0 Å². The van der Waals surface area contributed by atoms with Crippen molar-refractivity contribution in [2.24, 2.45) is 0 Å². The Labute approximate surface area is 338 Å². The topological polar surface area (TPSA) is 29.5 Å². The van der Waals surface area contributed by atoms with Crippen molar-refractivity contribution in [2.45, 2.75) is 0 Å². The summed E-state index contributed by atoms with van der Waals surface area (Å²) in [6.45, 7) is 0. The Morgan fingerprint density at radius 2 is 0.879 bits per heavy atom. The molecule has 0 atom stereocenters.